The van der Waals surface area contributed by atoms with E-state index in [0.717, 1.165) is 38.0 Å². The first-order chi connectivity index (χ1) is 15.7. The van der Waals surface area contributed by atoms with E-state index in [1.165, 1.54) is 4.90 Å². The summed E-state index contributed by atoms with van der Waals surface area (Å²) in [6, 6.07) is 9.49. The zero-order valence-corrected chi connectivity index (χ0v) is 19.7. The normalized spacial score (nSPS) is 30.6. The highest BCUT2D eigenvalue weighted by molar-refractivity contribution is 5.84. The molecule has 0 aromatic heterocycles. The predicted molar refractivity (Wildman–Crippen MR) is 121 cm³/mol. The molecule has 3 aliphatic rings. The third kappa shape index (κ3) is 5.54. The van der Waals surface area contributed by atoms with Gasteiger partial charge in [0.2, 0.25) is 5.91 Å². The van der Waals surface area contributed by atoms with Crippen molar-refractivity contribution in [3.8, 4) is 0 Å². The van der Waals surface area contributed by atoms with Crippen LogP contribution in [-0.4, -0.2) is 84.8 Å². The average Bonchev–Trinajstić information content (AvgIpc) is 3.19. The Morgan fingerprint density at radius 1 is 1.03 bits per heavy atom. The molecule has 3 saturated heterocycles. The number of nitrogens with zero attached hydrogens (tertiary/aromatic N) is 3. The lowest BCUT2D eigenvalue weighted by molar-refractivity contribution is -0.224. The number of halogens is 3. The van der Waals surface area contributed by atoms with E-state index in [9.17, 15) is 18.0 Å². The minimum Gasteiger partial charge on any atom is -0.373 e. The topological polar surface area (TPSA) is 36.0 Å². The van der Waals surface area contributed by atoms with Crippen molar-refractivity contribution in [3.63, 3.8) is 0 Å². The molecule has 1 aromatic carbocycles. The maximum Gasteiger partial charge on any atom is 0.404 e. The van der Waals surface area contributed by atoms with E-state index >= 15 is 0 Å². The van der Waals surface area contributed by atoms with Gasteiger partial charge in [0.1, 0.15) is 0 Å². The van der Waals surface area contributed by atoms with Crippen LogP contribution in [0.1, 0.15) is 38.7 Å². The molecule has 5 nitrogen and oxygen atoms in total. The molecular formula is C25H36F3N3O2. The minimum atomic E-state index is -4.55. The van der Waals surface area contributed by atoms with Crippen molar-refractivity contribution in [2.24, 2.45) is 11.3 Å². The van der Waals surface area contributed by atoms with Crippen LogP contribution in [0.5, 0.6) is 0 Å². The fraction of sp³-hybridized carbons (Fsp3) is 0.720. The fourth-order valence-corrected chi connectivity index (χ4v) is 5.81. The SMILES string of the molecule is CC1CN(CC2CCN(C(=O)C3(C(F)(F)F)CCN(Cc4ccccc4)C3)CC2)CC(C)O1. The molecule has 184 valence electrons. The average molecular weight is 468 g/mol. The number of alkyl halides is 3. The predicted octanol–water partition coefficient (Wildman–Crippen LogP) is 3.79. The summed E-state index contributed by atoms with van der Waals surface area (Å²) in [5.74, 6) is -0.316. The summed E-state index contributed by atoms with van der Waals surface area (Å²) in [5.41, 5.74) is -1.32. The number of piperidine rings is 1. The van der Waals surface area contributed by atoms with Crippen LogP contribution in [0.4, 0.5) is 13.2 Å². The Bertz CT molecular complexity index is 788. The van der Waals surface area contributed by atoms with Gasteiger partial charge in [0.15, 0.2) is 5.41 Å². The summed E-state index contributed by atoms with van der Waals surface area (Å²) in [5, 5.41) is 0. The number of ether oxygens (including phenoxy) is 1. The number of hydrogen-bond donors (Lipinski definition) is 0. The van der Waals surface area contributed by atoms with Crippen LogP contribution in [0.25, 0.3) is 0 Å². The number of carbonyl (C=O) groups is 1. The van der Waals surface area contributed by atoms with Gasteiger partial charge in [-0.2, -0.15) is 13.2 Å². The Balaban J connectivity index is 1.35. The summed E-state index contributed by atoms with van der Waals surface area (Å²) in [7, 11) is 0. The zero-order valence-electron chi connectivity index (χ0n) is 19.7. The Hall–Kier alpha value is -1.64. The van der Waals surface area contributed by atoms with Gasteiger partial charge in [-0.15, -0.1) is 0 Å². The highest BCUT2D eigenvalue weighted by atomic mass is 19.4. The van der Waals surface area contributed by atoms with Gasteiger partial charge in [0.25, 0.3) is 0 Å². The van der Waals surface area contributed by atoms with Crippen LogP contribution in [0.15, 0.2) is 30.3 Å². The van der Waals surface area contributed by atoms with Gasteiger partial charge >= 0.3 is 6.18 Å². The second-order valence-electron chi connectivity index (χ2n) is 10.2. The minimum absolute atomic E-state index is 0.161. The van der Waals surface area contributed by atoms with Gasteiger partial charge in [0.05, 0.1) is 12.2 Å². The second-order valence-corrected chi connectivity index (χ2v) is 10.2. The summed E-state index contributed by atoms with van der Waals surface area (Å²) < 4.78 is 48.7. The molecule has 0 N–H and O–H groups in total. The molecular weight excluding hydrogens is 431 g/mol. The Morgan fingerprint density at radius 2 is 1.67 bits per heavy atom. The van der Waals surface area contributed by atoms with Crippen LogP contribution >= 0.6 is 0 Å². The van der Waals surface area contributed by atoms with Gasteiger partial charge in [-0.25, -0.2) is 0 Å². The highest BCUT2D eigenvalue weighted by Gasteiger charge is 2.64. The Kier molecular flexibility index (Phi) is 7.36. The van der Waals surface area contributed by atoms with Crippen LogP contribution < -0.4 is 0 Å². The zero-order chi connectivity index (χ0) is 23.6. The van der Waals surface area contributed by atoms with Crippen molar-refractivity contribution in [3.05, 3.63) is 35.9 Å². The molecule has 4 rings (SSSR count). The standard InChI is InChI=1S/C25H36F3N3O2/c1-19-14-30(15-20(2)33-19)17-22-8-11-31(12-9-22)23(32)24(25(26,27)28)10-13-29(18-24)16-21-6-4-3-5-7-21/h3-7,19-20,22H,8-18H2,1-2H3. The van der Waals surface area contributed by atoms with E-state index in [4.69, 9.17) is 4.74 Å². The quantitative estimate of drug-likeness (QED) is 0.660. The lowest BCUT2D eigenvalue weighted by atomic mass is 9.83. The molecule has 3 fully saturated rings. The van der Waals surface area contributed by atoms with Crippen molar-refractivity contribution in [2.45, 2.75) is 58.0 Å². The van der Waals surface area contributed by atoms with Crippen molar-refractivity contribution < 1.29 is 22.7 Å². The van der Waals surface area contributed by atoms with Crippen LogP contribution in [0.3, 0.4) is 0 Å². The van der Waals surface area contributed by atoms with Crippen LogP contribution in [0.2, 0.25) is 0 Å². The first-order valence-corrected chi connectivity index (χ1v) is 12.2. The van der Waals surface area contributed by atoms with Gasteiger partial charge in [-0.1, -0.05) is 30.3 Å². The van der Waals surface area contributed by atoms with Crippen molar-refractivity contribution in [1.82, 2.24) is 14.7 Å². The number of benzene rings is 1. The van der Waals surface area contributed by atoms with Crippen LogP contribution in [-0.2, 0) is 16.1 Å². The van der Waals surface area contributed by atoms with E-state index in [1.54, 1.807) is 4.90 Å². The van der Waals surface area contributed by atoms with E-state index in [-0.39, 0.29) is 31.7 Å². The Labute approximate surface area is 194 Å². The van der Waals surface area contributed by atoms with E-state index in [0.29, 0.717) is 25.6 Å². The smallest absolute Gasteiger partial charge is 0.373 e. The number of morpholine rings is 1. The summed E-state index contributed by atoms with van der Waals surface area (Å²) in [6.07, 6.45) is -2.80. The molecule has 8 heteroatoms. The number of amides is 1. The van der Waals surface area contributed by atoms with Crippen molar-refractivity contribution in [2.75, 3.05) is 45.8 Å². The third-order valence-electron chi connectivity index (χ3n) is 7.46. The number of carbonyl (C=O) groups excluding carboxylic acids is 1. The molecule has 33 heavy (non-hydrogen) atoms. The molecule has 1 amide bonds. The van der Waals surface area contributed by atoms with E-state index in [1.807, 2.05) is 30.3 Å². The molecule has 1 aromatic rings. The molecule has 3 unspecified atom stereocenters. The first-order valence-electron chi connectivity index (χ1n) is 12.2. The van der Waals surface area contributed by atoms with Gasteiger partial charge in [-0.3, -0.25) is 14.6 Å². The van der Waals surface area contributed by atoms with Crippen LogP contribution in [0, 0.1) is 11.3 Å². The van der Waals surface area contributed by atoms with Gasteiger partial charge in [-0.05, 0) is 51.1 Å². The maximum atomic E-state index is 14.3. The second kappa shape index (κ2) is 9.92. The summed E-state index contributed by atoms with van der Waals surface area (Å²) in [6.45, 7) is 8.13. The van der Waals surface area contributed by atoms with Crippen molar-refractivity contribution in [1.29, 1.82) is 0 Å². The lowest BCUT2D eigenvalue weighted by Gasteiger charge is -2.41. The molecule has 0 spiro atoms. The molecule has 3 aliphatic heterocycles. The van der Waals surface area contributed by atoms with Gasteiger partial charge in [0, 0.05) is 45.8 Å². The molecule has 0 bridgehead atoms. The molecule has 0 aliphatic carbocycles. The Morgan fingerprint density at radius 3 is 2.27 bits per heavy atom. The summed E-state index contributed by atoms with van der Waals surface area (Å²) in [4.78, 5) is 19.0. The molecule has 3 heterocycles. The monoisotopic (exact) mass is 467 g/mol. The van der Waals surface area contributed by atoms with Gasteiger partial charge < -0.3 is 9.64 Å². The third-order valence-corrected chi connectivity index (χ3v) is 7.46. The first kappa shape index (κ1) is 24.5. The number of hydrogen-bond acceptors (Lipinski definition) is 4. The highest BCUT2D eigenvalue weighted by Crippen LogP contribution is 2.47. The maximum absolute atomic E-state index is 14.3. The van der Waals surface area contributed by atoms with Crippen molar-refractivity contribution >= 4 is 5.91 Å². The van der Waals surface area contributed by atoms with E-state index < -0.39 is 17.5 Å². The molecule has 3 atom stereocenters. The molecule has 0 radical (unpaired) electrons. The molecule has 0 saturated carbocycles. The largest absolute Gasteiger partial charge is 0.404 e. The lowest BCUT2D eigenvalue weighted by Crippen LogP contribution is -2.56. The number of rotatable bonds is 5. The summed E-state index contributed by atoms with van der Waals surface area (Å²) >= 11 is 0. The number of likely N-dealkylation sites (tertiary alicyclic amines) is 2. The fourth-order valence-electron chi connectivity index (χ4n) is 5.81. The van der Waals surface area contributed by atoms with E-state index in [2.05, 4.69) is 18.7 Å².